The summed E-state index contributed by atoms with van der Waals surface area (Å²) in [4.78, 5) is 0. The smallest absolute Gasteiger partial charge is 0.0532 e. The second kappa shape index (κ2) is 3.95. The first-order valence-corrected chi connectivity index (χ1v) is 5.65. The SMILES string of the molecule is Cc1ccc(C2(C)CNCCN2)cc1C. The lowest BCUT2D eigenvalue weighted by Crippen LogP contribution is -2.55. The fraction of sp³-hybridized carbons (Fsp3) is 0.538. The van der Waals surface area contributed by atoms with Crippen LogP contribution in [0.4, 0.5) is 0 Å². The predicted molar refractivity (Wildman–Crippen MR) is 64.1 cm³/mol. The maximum Gasteiger partial charge on any atom is 0.0532 e. The third-order valence-electron chi connectivity index (χ3n) is 3.44. The molecule has 1 aromatic carbocycles. The Labute approximate surface area is 92.1 Å². The number of aryl methyl sites for hydroxylation is 2. The molecule has 0 spiro atoms. The van der Waals surface area contributed by atoms with Crippen LogP contribution in [0, 0.1) is 13.8 Å². The molecule has 1 fully saturated rings. The second-order valence-electron chi connectivity index (χ2n) is 4.73. The molecule has 0 radical (unpaired) electrons. The lowest BCUT2D eigenvalue weighted by Gasteiger charge is -2.36. The van der Waals surface area contributed by atoms with Crippen molar-refractivity contribution in [1.29, 1.82) is 0 Å². The molecule has 82 valence electrons. The third-order valence-corrected chi connectivity index (χ3v) is 3.44. The Bertz CT molecular complexity index is 352. The van der Waals surface area contributed by atoms with Crippen LogP contribution in [0.25, 0.3) is 0 Å². The van der Waals surface area contributed by atoms with Crippen LogP contribution in [0.2, 0.25) is 0 Å². The van der Waals surface area contributed by atoms with Gasteiger partial charge in [-0.1, -0.05) is 18.2 Å². The molecule has 1 saturated heterocycles. The van der Waals surface area contributed by atoms with Gasteiger partial charge in [-0.3, -0.25) is 0 Å². The molecule has 1 atom stereocenters. The lowest BCUT2D eigenvalue weighted by molar-refractivity contribution is 0.303. The minimum atomic E-state index is 0.0940. The average molecular weight is 204 g/mol. The van der Waals surface area contributed by atoms with Crippen molar-refractivity contribution in [3.05, 3.63) is 34.9 Å². The van der Waals surface area contributed by atoms with Crippen LogP contribution in [0.3, 0.4) is 0 Å². The van der Waals surface area contributed by atoms with E-state index >= 15 is 0 Å². The highest BCUT2D eigenvalue weighted by Gasteiger charge is 2.27. The van der Waals surface area contributed by atoms with E-state index < -0.39 is 0 Å². The predicted octanol–water partition coefficient (Wildman–Crippen LogP) is 1.71. The van der Waals surface area contributed by atoms with Gasteiger partial charge in [-0.15, -0.1) is 0 Å². The topological polar surface area (TPSA) is 24.1 Å². The lowest BCUT2D eigenvalue weighted by atomic mass is 9.88. The number of benzene rings is 1. The fourth-order valence-electron chi connectivity index (χ4n) is 2.12. The zero-order valence-corrected chi connectivity index (χ0v) is 9.85. The summed E-state index contributed by atoms with van der Waals surface area (Å²) in [5.74, 6) is 0. The Hall–Kier alpha value is -0.860. The van der Waals surface area contributed by atoms with Gasteiger partial charge in [-0.25, -0.2) is 0 Å². The molecule has 0 aromatic heterocycles. The van der Waals surface area contributed by atoms with E-state index in [1.165, 1.54) is 16.7 Å². The van der Waals surface area contributed by atoms with Crippen LogP contribution in [0.5, 0.6) is 0 Å². The molecule has 1 aromatic rings. The van der Waals surface area contributed by atoms with Gasteiger partial charge in [-0.05, 0) is 37.5 Å². The molecule has 15 heavy (non-hydrogen) atoms. The van der Waals surface area contributed by atoms with Crippen molar-refractivity contribution >= 4 is 0 Å². The van der Waals surface area contributed by atoms with Crippen molar-refractivity contribution in [2.24, 2.45) is 0 Å². The van der Waals surface area contributed by atoms with E-state index in [0.29, 0.717) is 0 Å². The van der Waals surface area contributed by atoms with Crippen molar-refractivity contribution in [3.63, 3.8) is 0 Å². The largest absolute Gasteiger partial charge is 0.313 e. The molecule has 1 aliphatic heterocycles. The van der Waals surface area contributed by atoms with Gasteiger partial charge >= 0.3 is 0 Å². The van der Waals surface area contributed by atoms with Gasteiger partial charge in [0.2, 0.25) is 0 Å². The van der Waals surface area contributed by atoms with Crippen molar-refractivity contribution < 1.29 is 0 Å². The van der Waals surface area contributed by atoms with Crippen LogP contribution in [0.15, 0.2) is 18.2 Å². The van der Waals surface area contributed by atoms with Crippen LogP contribution >= 0.6 is 0 Å². The van der Waals surface area contributed by atoms with Crippen LogP contribution < -0.4 is 10.6 Å². The summed E-state index contributed by atoms with van der Waals surface area (Å²) in [5, 5.41) is 7.04. The first-order chi connectivity index (χ1) is 7.12. The molecule has 0 aliphatic carbocycles. The quantitative estimate of drug-likeness (QED) is 0.727. The monoisotopic (exact) mass is 204 g/mol. The number of rotatable bonds is 1. The standard InChI is InChI=1S/C13H20N2/c1-10-4-5-12(8-11(10)2)13(3)9-14-6-7-15-13/h4-5,8,14-15H,6-7,9H2,1-3H3. The van der Waals surface area contributed by atoms with Crippen molar-refractivity contribution in [2.45, 2.75) is 26.3 Å². The van der Waals surface area contributed by atoms with E-state index in [-0.39, 0.29) is 5.54 Å². The fourth-order valence-corrected chi connectivity index (χ4v) is 2.12. The van der Waals surface area contributed by atoms with E-state index in [1.807, 2.05) is 0 Å². The number of piperazine rings is 1. The first-order valence-electron chi connectivity index (χ1n) is 5.65. The zero-order valence-electron chi connectivity index (χ0n) is 9.85. The van der Waals surface area contributed by atoms with Crippen molar-refractivity contribution in [3.8, 4) is 0 Å². The van der Waals surface area contributed by atoms with Gasteiger partial charge in [0.25, 0.3) is 0 Å². The summed E-state index contributed by atoms with van der Waals surface area (Å²) in [6.07, 6.45) is 0. The molecule has 0 bridgehead atoms. The van der Waals surface area contributed by atoms with E-state index in [2.05, 4.69) is 49.6 Å². The Morgan fingerprint density at radius 1 is 1.13 bits per heavy atom. The normalized spacial score (nSPS) is 26.6. The molecular formula is C13H20N2. The molecule has 2 rings (SSSR count). The Kier molecular flexibility index (Phi) is 2.81. The maximum atomic E-state index is 3.60. The van der Waals surface area contributed by atoms with Gasteiger partial charge in [0.05, 0.1) is 5.54 Å². The summed E-state index contributed by atoms with van der Waals surface area (Å²) < 4.78 is 0. The van der Waals surface area contributed by atoms with Gasteiger partial charge in [0.15, 0.2) is 0 Å². The third kappa shape index (κ3) is 2.06. The van der Waals surface area contributed by atoms with Crippen molar-refractivity contribution in [2.75, 3.05) is 19.6 Å². The van der Waals surface area contributed by atoms with Crippen LogP contribution in [0.1, 0.15) is 23.6 Å². The van der Waals surface area contributed by atoms with E-state index in [0.717, 1.165) is 19.6 Å². The molecule has 2 nitrogen and oxygen atoms in total. The van der Waals surface area contributed by atoms with E-state index in [1.54, 1.807) is 0 Å². The molecule has 0 saturated carbocycles. The Balaban J connectivity index is 2.31. The highest BCUT2D eigenvalue weighted by molar-refractivity contribution is 5.34. The summed E-state index contributed by atoms with van der Waals surface area (Å²) in [6, 6.07) is 6.75. The molecule has 1 aliphatic rings. The minimum Gasteiger partial charge on any atom is -0.313 e. The minimum absolute atomic E-state index is 0.0940. The molecule has 1 unspecified atom stereocenters. The van der Waals surface area contributed by atoms with E-state index in [9.17, 15) is 0 Å². The summed E-state index contributed by atoms with van der Waals surface area (Å²) in [5.41, 5.74) is 4.22. The Morgan fingerprint density at radius 2 is 1.93 bits per heavy atom. The summed E-state index contributed by atoms with van der Waals surface area (Å²) in [6.45, 7) is 9.73. The Morgan fingerprint density at radius 3 is 2.53 bits per heavy atom. The van der Waals surface area contributed by atoms with Crippen molar-refractivity contribution in [1.82, 2.24) is 10.6 Å². The molecular weight excluding hydrogens is 184 g/mol. The summed E-state index contributed by atoms with van der Waals surface area (Å²) in [7, 11) is 0. The second-order valence-corrected chi connectivity index (χ2v) is 4.73. The van der Waals surface area contributed by atoms with Gasteiger partial charge in [-0.2, -0.15) is 0 Å². The number of hydrogen-bond donors (Lipinski definition) is 2. The van der Waals surface area contributed by atoms with Gasteiger partial charge in [0.1, 0.15) is 0 Å². The van der Waals surface area contributed by atoms with E-state index in [4.69, 9.17) is 0 Å². The van der Waals surface area contributed by atoms with Gasteiger partial charge < -0.3 is 10.6 Å². The van der Waals surface area contributed by atoms with Crippen LogP contribution in [-0.2, 0) is 5.54 Å². The summed E-state index contributed by atoms with van der Waals surface area (Å²) >= 11 is 0. The highest BCUT2D eigenvalue weighted by Crippen LogP contribution is 2.23. The molecule has 2 heteroatoms. The molecule has 1 heterocycles. The number of nitrogens with one attached hydrogen (secondary N) is 2. The average Bonchev–Trinajstić information content (AvgIpc) is 2.23. The zero-order chi connectivity index (χ0) is 10.9. The maximum absolute atomic E-state index is 3.60. The highest BCUT2D eigenvalue weighted by atomic mass is 15.1. The number of hydrogen-bond acceptors (Lipinski definition) is 2. The molecule has 2 N–H and O–H groups in total. The van der Waals surface area contributed by atoms with Gasteiger partial charge in [0, 0.05) is 19.6 Å². The van der Waals surface area contributed by atoms with Crippen LogP contribution in [-0.4, -0.2) is 19.6 Å². The first kappa shape index (κ1) is 10.7. The molecule has 0 amide bonds.